The third-order valence-electron chi connectivity index (χ3n) is 1.74. The molecule has 0 spiro atoms. The average Bonchev–Trinajstić information content (AvgIpc) is 2.87. The maximum absolute atomic E-state index is 5.72. The quantitative estimate of drug-likeness (QED) is 0.752. The van der Waals surface area contributed by atoms with Gasteiger partial charge in [0.1, 0.15) is 11.5 Å². The summed E-state index contributed by atoms with van der Waals surface area (Å²) in [5.41, 5.74) is 5.72. The molecule has 4 nitrogen and oxygen atoms in total. The van der Waals surface area contributed by atoms with E-state index >= 15 is 0 Å². The van der Waals surface area contributed by atoms with E-state index in [0.717, 1.165) is 0 Å². The van der Waals surface area contributed by atoms with Crippen LogP contribution in [-0.2, 0) is 0 Å². The van der Waals surface area contributed by atoms with Crippen LogP contribution in [0.5, 0.6) is 0 Å². The molecule has 0 saturated carbocycles. The summed E-state index contributed by atoms with van der Waals surface area (Å²) in [6.45, 7) is 0. The fraction of sp³-hybridized carbons (Fsp3) is 0.100. The van der Waals surface area contributed by atoms with Crippen molar-refractivity contribution in [3.05, 3.63) is 48.3 Å². The maximum atomic E-state index is 5.72. The fourth-order valence-corrected chi connectivity index (χ4v) is 1.05. The molecule has 2 N–H and O–H groups in total. The summed E-state index contributed by atoms with van der Waals surface area (Å²) in [7, 11) is 0. The van der Waals surface area contributed by atoms with E-state index in [-0.39, 0.29) is 0 Å². The Labute approximate surface area is 81.0 Å². The van der Waals surface area contributed by atoms with Crippen molar-refractivity contribution in [1.29, 1.82) is 0 Å². The van der Waals surface area contributed by atoms with Crippen LogP contribution in [0.2, 0.25) is 0 Å². The van der Waals surface area contributed by atoms with Crippen LogP contribution in [-0.4, -0.2) is 6.21 Å². The summed E-state index contributed by atoms with van der Waals surface area (Å²) in [5, 5.41) is 0. The number of furan rings is 2. The third kappa shape index (κ3) is 1.92. The van der Waals surface area contributed by atoms with Gasteiger partial charge in [-0.1, -0.05) is 0 Å². The largest absolute Gasteiger partial charge is 0.466 e. The second-order valence-corrected chi connectivity index (χ2v) is 2.75. The van der Waals surface area contributed by atoms with Gasteiger partial charge in [0.25, 0.3) is 0 Å². The van der Waals surface area contributed by atoms with Gasteiger partial charge in [-0.25, -0.2) is 0 Å². The van der Waals surface area contributed by atoms with Gasteiger partial charge in [0.05, 0.1) is 18.7 Å². The zero-order valence-corrected chi connectivity index (χ0v) is 7.46. The lowest BCUT2D eigenvalue weighted by atomic mass is 10.4. The van der Waals surface area contributed by atoms with E-state index in [1.54, 1.807) is 43.0 Å². The molecule has 2 heterocycles. The molecule has 0 aliphatic heterocycles. The van der Waals surface area contributed by atoms with Crippen molar-refractivity contribution in [2.75, 3.05) is 0 Å². The Hall–Kier alpha value is -1.81. The SMILES string of the molecule is NC(/N=C/c1ccco1)c1ccco1. The second kappa shape index (κ2) is 3.93. The standard InChI is InChI=1S/C10H10N2O2/c11-10(9-4-2-6-14-9)12-7-8-3-1-5-13-8/h1-7,10H,11H2/b12-7+. The van der Waals surface area contributed by atoms with E-state index in [4.69, 9.17) is 14.6 Å². The topological polar surface area (TPSA) is 64.7 Å². The lowest BCUT2D eigenvalue weighted by Crippen LogP contribution is -2.06. The Morgan fingerprint density at radius 2 is 2.00 bits per heavy atom. The van der Waals surface area contributed by atoms with Crippen molar-refractivity contribution in [3.63, 3.8) is 0 Å². The molecule has 0 fully saturated rings. The minimum absolute atomic E-state index is 0.477. The first kappa shape index (κ1) is 8.77. The molecule has 0 aliphatic rings. The third-order valence-corrected chi connectivity index (χ3v) is 1.74. The Kier molecular flexibility index (Phi) is 2.46. The van der Waals surface area contributed by atoms with Crippen molar-refractivity contribution in [2.24, 2.45) is 10.7 Å². The highest BCUT2D eigenvalue weighted by atomic mass is 16.3. The van der Waals surface area contributed by atoms with Crippen molar-refractivity contribution < 1.29 is 8.83 Å². The molecule has 2 rings (SSSR count). The second-order valence-electron chi connectivity index (χ2n) is 2.75. The van der Waals surface area contributed by atoms with Crippen molar-refractivity contribution in [2.45, 2.75) is 6.17 Å². The zero-order valence-electron chi connectivity index (χ0n) is 7.46. The first-order chi connectivity index (χ1) is 6.86. The molecule has 2 aromatic rings. The van der Waals surface area contributed by atoms with Crippen LogP contribution in [0.25, 0.3) is 0 Å². The first-order valence-corrected chi connectivity index (χ1v) is 4.22. The number of nitrogens with zero attached hydrogens (tertiary/aromatic N) is 1. The van der Waals surface area contributed by atoms with Gasteiger partial charge in [-0.15, -0.1) is 0 Å². The molecule has 0 bridgehead atoms. The van der Waals surface area contributed by atoms with E-state index in [9.17, 15) is 0 Å². The van der Waals surface area contributed by atoms with E-state index < -0.39 is 6.17 Å². The van der Waals surface area contributed by atoms with Crippen LogP contribution < -0.4 is 5.73 Å². The van der Waals surface area contributed by atoms with Crippen LogP contribution >= 0.6 is 0 Å². The van der Waals surface area contributed by atoms with E-state index in [0.29, 0.717) is 11.5 Å². The summed E-state index contributed by atoms with van der Waals surface area (Å²) >= 11 is 0. The highest BCUT2D eigenvalue weighted by Crippen LogP contribution is 2.11. The van der Waals surface area contributed by atoms with Gasteiger partial charge in [-0.3, -0.25) is 4.99 Å². The van der Waals surface area contributed by atoms with E-state index in [1.807, 2.05) is 0 Å². The summed E-state index contributed by atoms with van der Waals surface area (Å²) in [5.74, 6) is 1.31. The number of rotatable bonds is 3. The molecule has 1 atom stereocenters. The summed E-state index contributed by atoms with van der Waals surface area (Å²) < 4.78 is 10.2. The van der Waals surface area contributed by atoms with Crippen molar-refractivity contribution in [3.8, 4) is 0 Å². The van der Waals surface area contributed by atoms with Crippen LogP contribution in [0.15, 0.2) is 50.6 Å². The minimum atomic E-state index is -0.477. The molecule has 14 heavy (non-hydrogen) atoms. The maximum Gasteiger partial charge on any atom is 0.156 e. The molecule has 0 radical (unpaired) electrons. The van der Waals surface area contributed by atoms with Gasteiger partial charge in [0.15, 0.2) is 6.17 Å². The smallest absolute Gasteiger partial charge is 0.156 e. The Bertz CT molecular complexity index is 390. The molecule has 0 aromatic carbocycles. The summed E-state index contributed by atoms with van der Waals surface area (Å²) in [6.07, 6.45) is 4.25. The number of hydrogen-bond acceptors (Lipinski definition) is 4. The van der Waals surface area contributed by atoms with Gasteiger partial charge in [-0.2, -0.15) is 0 Å². The molecule has 4 heteroatoms. The normalized spacial score (nSPS) is 13.5. The number of hydrogen-bond donors (Lipinski definition) is 1. The van der Waals surface area contributed by atoms with Crippen molar-refractivity contribution in [1.82, 2.24) is 0 Å². The predicted molar refractivity (Wildman–Crippen MR) is 51.9 cm³/mol. The van der Waals surface area contributed by atoms with E-state index in [2.05, 4.69) is 4.99 Å². The number of nitrogens with two attached hydrogens (primary N) is 1. The van der Waals surface area contributed by atoms with Gasteiger partial charge in [0, 0.05) is 0 Å². The molecule has 72 valence electrons. The molecule has 2 aromatic heterocycles. The van der Waals surface area contributed by atoms with Gasteiger partial charge >= 0.3 is 0 Å². The molecule has 0 saturated heterocycles. The van der Waals surface area contributed by atoms with Gasteiger partial charge in [-0.05, 0) is 24.3 Å². The van der Waals surface area contributed by atoms with Crippen LogP contribution in [0, 0.1) is 0 Å². The van der Waals surface area contributed by atoms with Crippen LogP contribution in [0.3, 0.4) is 0 Å². The van der Waals surface area contributed by atoms with Crippen LogP contribution in [0.1, 0.15) is 17.7 Å². The highest BCUT2D eigenvalue weighted by molar-refractivity contribution is 5.75. The van der Waals surface area contributed by atoms with E-state index in [1.165, 1.54) is 0 Å². The monoisotopic (exact) mass is 190 g/mol. The lowest BCUT2D eigenvalue weighted by molar-refractivity contribution is 0.473. The summed E-state index contributed by atoms with van der Waals surface area (Å²) in [4.78, 5) is 4.07. The molecular weight excluding hydrogens is 180 g/mol. The number of aliphatic imine (C=N–C) groups is 1. The molecule has 0 aliphatic carbocycles. The van der Waals surface area contributed by atoms with Gasteiger partial charge in [0.2, 0.25) is 0 Å². The minimum Gasteiger partial charge on any atom is -0.466 e. The molecule has 0 amide bonds. The Morgan fingerprint density at radius 3 is 2.64 bits per heavy atom. The Morgan fingerprint density at radius 1 is 1.21 bits per heavy atom. The zero-order chi connectivity index (χ0) is 9.80. The highest BCUT2D eigenvalue weighted by Gasteiger charge is 2.04. The molecular formula is C10H10N2O2. The van der Waals surface area contributed by atoms with Gasteiger partial charge < -0.3 is 14.6 Å². The Balaban J connectivity index is 2.05. The summed E-state index contributed by atoms with van der Waals surface area (Å²) in [6, 6.07) is 7.15. The fourth-order valence-electron chi connectivity index (χ4n) is 1.05. The molecule has 1 unspecified atom stereocenters. The first-order valence-electron chi connectivity index (χ1n) is 4.22. The average molecular weight is 190 g/mol. The lowest BCUT2D eigenvalue weighted by Gasteiger charge is -1.99. The van der Waals surface area contributed by atoms with Crippen LogP contribution in [0.4, 0.5) is 0 Å². The predicted octanol–water partition coefficient (Wildman–Crippen LogP) is 1.95. The van der Waals surface area contributed by atoms with Crippen molar-refractivity contribution >= 4 is 6.21 Å².